The van der Waals surface area contributed by atoms with Gasteiger partial charge in [-0.25, -0.2) is 13.4 Å². The highest BCUT2D eigenvalue weighted by Gasteiger charge is 2.15. The number of aromatic amines is 1. The van der Waals surface area contributed by atoms with Crippen LogP contribution in [0.2, 0.25) is 5.02 Å². The van der Waals surface area contributed by atoms with Crippen molar-refractivity contribution >= 4 is 21.4 Å². The first-order valence-electron chi connectivity index (χ1n) is 5.64. The summed E-state index contributed by atoms with van der Waals surface area (Å²) in [6.07, 6.45) is 4.47. The molecule has 102 valence electrons. The smallest absolute Gasteiger partial charge is 0.175 e. The summed E-state index contributed by atoms with van der Waals surface area (Å²) in [4.78, 5) is 7.12. The number of imidazole rings is 1. The Balaban J connectivity index is 2.15. The number of rotatable bonds is 5. The normalized spacial score (nSPS) is 11.7. The molecule has 0 fully saturated rings. The first-order chi connectivity index (χ1) is 8.98. The third-order valence-electron chi connectivity index (χ3n) is 2.65. The topological polar surface area (TPSA) is 74.8 Å². The van der Waals surface area contributed by atoms with Crippen LogP contribution in [0.15, 0.2) is 35.6 Å². The zero-order valence-electron chi connectivity index (χ0n) is 10.4. The zero-order chi connectivity index (χ0) is 13.9. The van der Waals surface area contributed by atoms with Gasteiger partial charge in [0.15, 0.2) is 9.84 Å². The van der Waals surface area contributed by atoms with E-state index < -0.39 is 9.84 Å². The van der Waals surface area contributed by atoms with Gasteiger partial charge in [0, 0.05) is 41.8 Å². The highest BCUT2D eigenvalue weighted by molar-refractivity contribution is 7.90. The number of aromatic nitrogens is 2. The van der Waals surface area contributed by atoms with Gasteiger partial charge in [0.25, 0.3) is 0 Å². The number of sulfone groups is 1. The van der Waals surface area contributed by atoms with E-state index in [9.17, 15) is 8.42 Å². The fourth-order valence-corrected chi connectivity index (χ4v) is 3.01. The third kappa shape index (κ3) is 3.56. The van der Waals surface area contributed by atoms with Gasteiger partial charge in [0.05, 0.1) is 11.2 Å². The van der Waals surface area contributed by atoms with E-state index in [1.54, 1.807) is 30.7 Å². The molecule has 0 radical (unpaired) electrons. The summed E-state index contributed by atoms with van der Waals surface area (Å²) in [6.45, 7) is 0.940. The maximum absolute atomic E-state index is 11.7. The Morgan fingerprint density at radius 3 is 2.79 bits per heavy atom. The van der Waals surface area contributed by atoms with Crippen LogP contribution in [0.5, 0.6) is 0 Å². The molecule has 0 amide bonds. The summed E-state index contributed by atoms with van der Waals surface area (Å²) in [5.74, 6) is 0. The van der Waals surface area contributed by atoms with Crippen LogP contribution in [-0.4, -0.2) is 24.6 Å². The van der Waals surface area contributed by atoms with Gasteiger partial charge in [-0.3, -0.25) is 0 Å². The van der Waals surface area contributed by atoms with Crippen LogP contribution in [0, 0.1) is 0 Å². The Labute approximate surface area is 116 Å². The van der Waals surface area contributed by atoms with Gasteiger partial charge in [-0.2, -0.15) is 0 Å². The molecule has 0 bridgehead atoms. The average Bonchev–Trinajstić information content (AvgIpc) is 2.82. The van der Waals surface area contributed by atoms with Crippen LogP contribution in [0.25, 0.3) is 0 Å². The molecule has 1 heterocycles. The van der Waals surface area contributed by atoms with E-state index in [0.717, 1.165) is 5.69 Å². The minimum absolute atomic E-state index is 0.261. The molecule has 1 aromatic carbocycles. The number of nitrogens with zero attached hydrogens (tertiary/aromatic N) is 1. The highest BCUT2D eigenvalue weighted by Crippen LogP contribution is 2.23. The molecule has 0 atom stereocenters. The second-order valence-electron chi connectivity index (χ2n) is 4.17. The van der Waals surface area contributed by atoms with Crippen LogP contribution in [-0.2, 0) is 22.9 Å². The lowest BCUT2D eigenvalue weighted by Gasteiger charge is -2.10. The molecule has 5 nitrogen and oxygen atoms in total. The molecule has 1 aromatic heterocycles. The third-order valence-corrected chi connectivity index (χ3v) is 4.18. The van der Waals surface area contributed by atoms with Crippen molar-refractivity contribution in [1.29, 1.82) is 0 Å². The van der Waals surface area contributed by atoms with Crippen molar-refractivity contribution in [3.63, 3.8) is 0 Å². The van der Waals surface area contributed by atoms with Crippen molar-refractivity contribution in [2.75, 3.05) is 6.26 Å². The van der Waals surface area contributed by atoms with Gasteiger partial charge in [-0.15, -0.1) is 0 Å². The first kappa shape index (κ1) is 14.0. The fraction of sp³-hybridized carbons (Fsp3) is 0.250. The predicted octanol–water partition coefficient (Wildman–Crippen LogP) is 1.76. The molecule has 2 aromatic rings. The molecule has 2 rings (SSSR count). The molecule has 0 saturated carbocycles. The molecule has 0 aliphatic rings. The lowest BCUT2D eigenvalue weighted by atomic mass is 10.2. The Bertz CT molecular complexity index is 654. The molecular weight excluding hydrogens is 286 g/mol. The Kier molecular flexibility index (Phi) is 4.24. The Hall–Kier alpha value is -1.37. The van der Waals surface area contributed by atoms with E-state index in [2.05, 4.69) is 15.3 Å². The van der Waals surface area contributed by atoms with E-state index in [-0.39, 0.29) is 4.90 Å². The van der Waals surface area contributed by atoms with Gasteiger partial charge < -0.3 is 10.3 Å². The Morgan fingerprint density at radius 2 is 2.16 bits per heavy atom. The van der Waals surface area contributed by atoms with E-state index in [1.165, 1.54) is 6.26 Å². The largest absolute Gasteiger partial charge is 0.347 e. The van der Waals surface area contributed by atoms with Crippen molar-refractivity contribution < 1.29 is 8.42 Å². The van der Waals surface area contributed by atoms with Crippen LogP contribution >= 0.6 is 11.6 Å². The fourth-order valence-electron chi connectivity index (χ4n) is 1.76. The molecule has 0 spiro atoms. The summed E-state index contributed by atoms with van der Waals surface area (Å²) < 4.78 is 23.4. The highest BCUT2D eigenvalue weighted by atomic mass is 35.5. The maximum atomic E-state index is 11.7. The van der Waals surface area contributed by atoms with Crippen molar-refractivity contribution in [2.45, 2.75) is 18.0 Å². The molecule has 19 heavy (non-hydrogen) atoms. The first-order valence-corrected chi connectivity index (χ1v) is 7.91. The quantitative estimate of drug-likeness (QED) is 0.882. The standard InChI is InChI=1S/C12H14ClN3O2S/c1-19(17,18)12-4-2-3-11(13)10(12)7-14-5-9-6-15-8-16-9/h2-4,6,8,14H,5,7H2,1H3,(H,15,16). The number of nitrogens with one attached hydrogen (secondary N) is 2. The minimum atomic E-state index is -3.28. The number of hydrogen-bond acceptors (Lipinski definition) is 4. The lowest BCUT2D eigenvalue weighted by Crippen LogP contribution is -2.16. The van der Waals surface area contributed by atoms with E-state index in [4.69, 9.17) is 11.6 Å². The summed E-state index contributed by atoms with van der Waals surface area (Å²) >= 11 is 6.07. The summed E-state index contributed by atoms with van der Waals surface area (Å²) in [5, 5.41) is 3.58. The van der Waals surface area contributed by atoms with Gasteiger partial charge >= 0.3 is 0 Å². The van der Waals surface area contributed by atoms with Gasteiger partial charge in [0.1, 0.15) is 0 Å². The summed E-state index contributed by atoms with van der Waals surface area (Å²) in [5.41, 5.74) is 1.51. The monoisotopic (exact) mass is 299 g/mol. The van der Waals surface area contributed by atoms with Crippen LogP contribution in [0.1, 0.15) is 11.3 Å². The summed E-state index contributed by atoms with van der Waals surface area (Å²) in [7, 11) is -3.28. The second kappa shape index (κ2) is 5.73. The van der Waals surface area contributed by atoms with Gasteiger partial charge in [-0.05, 0) is 12.1 Å². The van der Waals surface area contributed by atoms with Crippen molar-refractivity contribution in [2.24, 2.45) is 0 Å². The zero-order valence-corrected chi connectivity index (χ0v) is 11.9. The molecule has 0 aliphatic heterocycles. The summed E-state index contributed by atoms with van der Waals surface area (Å²) in [6, 6.07) is 4.88. The second-order valence-corrected chi connectivity index (χ2v) is 6.56. The molecule has 0 unspecified atom stereocenters. The molecule has 2 N–H and O–H groups in total. The number of benzene rings is 1. The average molecular weight is 300 g/mol. The van der Waals surface area contributed by atoms with E-state index in [0.29, 0.717) is 23.7 Å². The number of H-pyrrole nitrogens is 1. The van der Waals surface area contributed by atoms with Gasteiger partial charge in [-0.1, -0.05) is 17.7 Å². The SMILES string of the molecule is CS(=O)(=O)c1cccc(Cl)c1CNCc1cnc[nH]1. The lowest BCUT2D eigenvalue weighted by molar-refractivity contribution is 0.598. The molecule has 0 saturated heterocycles. The number of halogens is 1. The number of hydrogen-bond donors (Lipinski definition) is 2. The van der Waals surface area contributed by atoms with Crippen LogP contribution in [0.3, 0.4) is 0 Å². The predicted molar refractivity (Wildman–Crippen MR) is 73.7 cm³/mol. The van der Waals surface area contributed by atoms with Gasteiger partial charge in [0.2, 0.25) is 0 Å². The van der Waals surface area contributed by atoms with E-state index in [1.807, 2.05) is 0 Å². The van der Waals surface area contributed by atoms with E-state index >= 15 is 0 Å². The molecule has 7 heteroatoms. The van der Waals surface area contributed by atoms with Crippen LogP contribution in [0.4, 0.5) is 0 Å². The minimum Gasteiger partial charge on any atom is -0.347 e. The van der Waals surface area contributed by atoms with Crippen LogP contribution < -0.4 is 5.32 Å². The van der Waals surface area contributed by atoms with Crippen molar-refractivity contribution in [1.82, 2.24) is 15.3 Å². The van der Waals surface area contributed by atoms with Crippen molar-refractivity contribution in [3.8, 4) is 0 Å². The maximum Gasteiger partial charge on any atom is 0.175 e. The molecule has 0 aliphatic carbocycles. The molecular formula is C12H14ClN3O2S. The van der Waals surface area contributed by atoms with Crippen molar-refractivity contribution in [3.05, 3.63) is 47.0 Å². The Morgan fingerprint density at radius 1 is 1.37 bits per heavy atom.